The van der Waals surface area contributed by atoms with Crippen LogP contribution in [0.1, 0.15) is 35.8 Å². The molecule has 1 aromatic carbocycles. The van der Waals surface area contributed by atoms with Gasteiger partial charge in [-0.05, 0) is 44.9 Å². The lowest BCUT2D eigenvalue weighted by atomic mass is 9.93. The summed E-state index contributed by atoms with van der Waals surface area (Å²) in [6.45, 7) is 7.11. The molecule has 2 saturated heterocycles. The second-order valence-corrected chi connectivity index (χ2v) is 9.22. The molecule has 176 valence electrons. The van der Waals surface area contributed by atoms with Gasteiger partial charge >= 0.3 is 0 Å². The fourth-order valence-corrected chi connectivity index (χ4v) is 5.02. The van der Waals surface area contributed by atoms with Crippen molar-refractivity contribution in [3.05, 3.63) is 35.7 Å². The summed E-state index contributed by atoms with van der Waals surface area (Å²) in [5.74, 6) is 0.647. The summed E-state index contributed by atoms with van der Waals surface area (Å²) in [4.78, 5) is 15.5. The molecule has 2 aliphatic rings. The van der Waals surface area contributed by atoms with E-state index in [1.807, 2.05) is 29.3 Å². The molecule has 4 N–H and O–H groups in total. The summed E-state index contributed by atoms with van der Waals surface area (Å²) in [6.07, 6.45) is 3.92. The van der Waals surface area contributed by atoms with E-state index in [9.17, 15) is 4.79 Å². The fraction of sp³-hybridized carbons (Fsp3) is 0.435. The van der Waals surface area contributed by atoms with Gasteiger partial charge in [-0.15, -0.1) is 10.2 Å². The molecule has 11 heteroatoms. The van der Waals surface area contributed by atoms with Crippen molar-refractivity contribution in [1.82, 2.24) is 40.1 Å². The number of fused-ring (bicyclic) bond motifs is 1. The van der Waals surface area contributed by atoms with E-state index >= 15 is 0 Å². The number of aryl methyl sites for hydroxylation is 2. The van der Waals surface area contributed by atoms with Crippen LogP contribution in [0.15, 0.2) is 24.4 Å². The minimum Gasteiger partial charge on any atom is -0.367 e. The SMILES string of the molecule is CCn1nc(C)cc1-c1nnc(-c2cc(C(N)=O)cc3c2cnn3C[C@@H]2CCC3(CNC3)O2)[nH]1. The van der Waals surface area contributed by atoms with Crippen LogP contribution in [0, 0.1) is 6.92 Å². The van der Waals surface area contributed by atoms with Crippen LogP contribution >= 0.6 is 0 Å². The Bertz CT molecular complexity index is 1390. The van der Waals surface area contributed by atoms with E-state index in [1.54, 1.807) is 18.3 Å². The first kappa shape index (κ1) is 21.0. The number of hydrogen-bond acceptors (Lipinski definition) is 7. The number of ether oxygens (including phenoxy) is 1. The van der Waals surface area contributed by atoms with Gasteiger partial charge in [-0.1, -0.05) is 0 Å². The van der Waals surface area contributed by atoms with Crippen LogP contribution in [0.5, 0.6) is 0 Å². The number of nitrogens with zero attached hydrogens (tertiary/aromatic N) is 6. The number of primary amides is 1. The highest BCUT2D eigenvalue weighted by Gasteiger charge is 2.45. The normalized spacial score (nSPS) is 19.2. The number of rotatable bonds is 6. The van der Waals surface area contributed by atoms with Crippen molar-refractivity contribution in [3.8, 4) is 22.9 Å². The number of nitrogens with one attached hydrogen (secondary N) is 2. The molecule has 0 aliphatic carbocycles. The Morgan fingerprint density at radius 2 is 2.06 bits per heavy atom. The van der Waals surface area contributed by atoms with E-state index < -0.39 is 5.91 Å². The van der Waals surface area contributed by atoms with Crippen molar-refractivity contribution in [2.75, 3.05) is 13.1 Å². The van der Waals surface area contributed by atoms with Gasteiger partial charge in [0.15, 0.2) is 11.6 Å². The minimum atomic E-state index is -0.507. The number of amides is 1. The molecule has 0 unspecified atom stereocenters. The monoisotopic (exact) mass is 461 g/mol. The van der Waals surface area contributed by atoms with Crippen molar-refractivity contribution in [2.45, 2.75) is 51.5 Å². The molecular formula is C23H27N9O2. The van der Waals surface area contributed by atoms with Crippen LogP contribution in [-0.4, -0.2) is 65.4 Å². The Kier molecular flexibility index (Phi) is 4.78. The third-order valence-corrected chi connectivity index (χ3v) is 6.84. The summed E-state index contributed by atoms with van der Waals surface area (Å²) in [5.41, 5.74) is 9.35. The summed E-state index contributed by atoms with van der Waals surface area (Å²) in [7, 11) is 0. The molecule has 1 atom stereocenters. The van der Waals surface area contributed by atoms with Crippen molar-refractivity contribution < 1.29 is 9.53 Å². The molecule has 6 rings (SSSR count). The number of nitrogens with two attached hydrogens (primary N) is 1. The van der Waals surface area contributed by atoms with Gasteiger partial charge in [0.05, 0.1) is 35.7 Å². The van der Waals surface area contributed by atoms with E-state index in [1.165, 1.54) is 0 Å². The van der Waals surface area contributed by atoms with Crippen molar-refractivity contribution in [3.63, 3.8) is 0 Å². The van der Waals surface area contributed by atoms with Crippen LogP contribution in [0.2, 0.25) is 0 Å². The van der Waals surface area contributed by atoms with Gasteiger partial charge < -0.3 is 20.8 Å². The summed E-state index contributed by atoms with van der Waals surface area (Å²) in [6, 6.07) is 5.49. The first-order valence-corrected chi connectivity index (χ1v) is 11.6. The number of hydrogen-bond donors (Lipinski definition) is 3. The Morgan fingerprint density at radius 1 is 1.24 bits per heavy atom. The number of carbonyl (C=O) groups excluding carboxylic acids is 1. The van der Waals surface area contributed by atoms with E-state index in [4.69, 9.17) is 10.5 Å². The van der Waals surface area contributed by atoms with Gasteiger partial charge in [0.25, 0.3) is 0 Å². The molecule has 0 saturated carbocycles. The summed E-state index contributed by atoms with van der Waals surface area (Å²) < 4.78 is 10.1. The van der Waals surface area contributed by atoms with Gasteiger partial charge in [-0.25, -0.2) is 0 Å². The maximum atomic E-state index is 12.2. The second kappa shape index (κ2) is 7.74. The standard InChI is InChI=1S/C23H27N9O2/c1-3-31-19(6-13(2)30-31)22-27-21(28-29-22)16-7-14(20(24)33)8-18-17(16)9-26-32(18)10-15-4-5-23(34-15)11-25-12-23/h6-9,15,25H,3-5,10-12H2,1-2H3,(H2,24,33)(H,27,28,29)/t15-/m0/s1. The van der Waals surface area contributed by atoms with Gasteiger partial charge in [0.2, 0.25) is 5.91 Å². The molecular weight excluding hydrogens is 434 g/mol. The lowest BCUT2D eigenvalue weighted by molar-refractivity contribution is -0.0778. The molecule has 5 heterocycles. The van der Waals surface area contributed by atoms with E-state index in [0.717, 1.165) is 53.8 Å². The second-order valence-electron chi connectivity index (χ2n) is 9.22. The van der Waals surface area contributed by atoms with Crippen LogP contribution in [0.25, 0.3) is 33.8 Å². The van der Waals surface area contributed by atoms with Crippen molar-refractivity contribution >= 4 is 16.8 Å². The number of aromatic amines is 1. The van der Waals surface area contributed by atoms with Gasteiger partial charge in [0.1, 0.15) is 5.69 Å². The predicted octanol–water partition coefficient (Wildman–Crippen LogP) is 1.63. The molecule has 0 radical (unpaired) electrons. The highest BCUT2D eigenvalue weighted by Crippen LogP contribution is 2.35. The summed E-state index contributed by atoms with van der Waals surface area (Å²) >= 11 is 0. The van der Waals surface area contributed by atoms with Crippen LogP contribution in [0.3, 0.4) is 0 Å². The number of benzene rings is 1. The van der Waals surface area contributed by atoms with Gasteiger partial charge in [-0.3, -0.25) is 14.2 Å². The van der Waals surface area contributed by atoms with Gasteiger partial charge in [0, 0.05) is 36.1 Å². The topological polar surface area (TPSA) is 142 Å². The zero-order valence-corrected chi connectivity index (χ0v) is 19.2. The van der Waals surface area contributed by atoms with E-state index in [2.05, 4.69) is 30.7 Å². The first-order valence-electron chi connectivity index (χ1n) is 11.6. The van der Waals surface area contributed by atoms with Crippen molar-refractivity contribution in [1.29, 1.82) is 0 Å². The average molecular weight is 462 g/mol. The maximum absolute atomic E-state index is 12.2. The Hall–Kier alpha value is -3.57. The number of H-pyrrole nitrogens is 1. The largest absolute Gasteiger partial charge is 0.367 e. The molecule has 11 nitrogen and oxygen atoms in total. The molecule has 0 bridgehead atoms. The zero-order chi connectivity index (χ0) is 23.4. The number of carbonyl (C=O) groups is 1. The Labute approximate surface area is 195 Å². The molecule has 34 heavy (non-hydrogen) atoms. The molecule has 2 aliphatic heterocycles. The van der Waals surface area contributed by atoms with Crippen LogP contribution in [-0.2, 0) is 17.8 Å². The van der Waals surface area contributed by atoms with E-state index in [0.29, 0.717) is 30.3 Å². The smallest absolute Gasteiger partial charge is 0.248 e. The molecule has 3 aromatic heterocycles. The predicted molar refractivity (Wildman–Crippen MR) is 125 cm³/mol. The number of aromatic nitrogens is 7. The lowest BCUT2D eigenvalue weighted by Gasteiger charge is -2.38. The molecule has 4 aromatic rings. The fourth-order valence-electron chi connectivity index (χ4n) is 5.02. The lowest BCUT2D eigenvalue weighted by Crippen LogP contribution is -2.59. The van der Waals surface area contributed by atoms with E-state index in [-0.39, 0.29) is 11.7 Å². The average Bonchev–Trinajstić information content (AvgIpc) is 3.58. The van der Waals surface area contributed by atoms with Gasteiger partial charge in [-0.2, -0.15) is 10.2 Å². The third kappa shape index (κ3) is 3.39. The molecule has 1 spiro atoms. The minimum absolute atomic E-state index is 0.0171. The molecule has 2 fully saturated rings. The molecule has 1 amide bonds. The highest BCUT2D eigenvalue weighted by molar-refractivity contribution is 6.02. The summed E-state index contributed by atoms with van der Waals surface area (Å²) in [5, 5.41) is 22.0. The van der Waals surface area contributed by atoms with Crippen LogP contribution < -0.4 is 11.1 Å². The van der Waals surface area contributed by atoms with Crippen molar-refractivity contribution in [2.24, 2.45) is 5.73 Å². The highest BCUT2D eigenvalue weighted by atomic mass is 16.5. The van der Waals surface area contributed by atoms with Crippen LogP contribution in [0.4, 0.5) is 0 Å². The maximum Gasteiger partial charge on any atom is 0.248 e. The Balaban J connectivity index is 1.38. The third-order valence-electron chi connectivity index (χ3n) is 6.84. The Morgan fingerprint density at radius 3 is 2.76 bits per heavy atom. The first-order chi connectivity index (χ1) is 16.4. The zero-order valence-electron chi connectivity index (χ0n) is 19.2. The quantitative estimate of drug-likeness (QED) is 0.396.